The molecule has 0 amide bonds. The number of nitrogens with zero attached hydrogens (tertiary/aromatic N) is 1. The fourth-order valence-corrected chi connectivity index (χ4v) is 2.98. The highest BCUT2D eigenvalue weighted by molar-refractivity contribution is 5.38. The summed E-state index contributed by atoms with van der Waals surface area (Å²) in [5.74, 6) is 0.973. The molecule has 0 radical (unpaired) electrons. The molecule has 0 unspecified atom stereocenters. The molecule has 0 atom stereocenters. The summed E-state index contributed by atoms with van der Waals surface area (Å²) in [6.45, 7) is 14.0. The van der Waals surface area contributed by atoms with E-state index in [0.29, 0.717) is 5.41 Å². The molecule has 1 aromatic carbocycles. The molecule has 0 aliphatic carbocycles. The molecular weight excluding hydrogens is 274 g/mol. The summed E-state index contributed by atoms with van der Waals surface area (Å²) < 4.78 is 11.2. The smallest absolute Gasteiger partial charge is 0.123 e. The number of ether oxygens (including phenoxy) is 2. The molecule has 0 bridgehead atoms. The van der Waals surface area contributed by atoms with Crippen molar-refractivity contribution >= 4 is 0 Å². The van der Waals surface area contributed by atoms with Crippen LogP contribution in [0.1, 0.15) is 31.9 Å². The monoisotopic (exact) mass is 303 g/mol. The first-order valence-electron chi connectivity index (χ1n) is 8.07. The Morgan fingerprint density at radius 2 is 2.14 bits per heavy atom. The summed E-state index contributed by atoms with van der Waals surface area (Å²) >= 11 is 0. The molecule has 0 saturated carbocycles. The van der Waals surface area contributed by atoms with Crippen molar-refractivity contribution in [3.05, 3.63) is 42.0 Å². The average molecular weight is 303 g/mol. The van der Waals surface area contributed by atoms with Crippen molar-refractivity contribution in [3.8, 4) is 5.75 Å². The van der Waals surface area contributed by atoms with E-state index in [1.807, 2.05) is 6.08 Å². The number of hydrogen-bond donors (Lipinski definition) is 0. The molecule has 122 valence electrons. The average Bonchev–Trinajstić information content (AvgIpc) is 2.39. The van der Waals surface area contributed by atoms with Crippen molar-refractivity contribution in [3.63, 3.8) is 0 Å². The van der Waals surface area contributed by atoms with E-state index in [1.54, 1.807) is 0 Å². The SMILES string of the molecule is C=CCc1cc(CN(C)CC2(C)COC2)ccc1OC(C)C. The third-order valence-corrected chi connectivity index (χ3v) is 3.86. The topological polar surface area (TPSA) is 21.7 Å². The Labute approximate surface area is 134 Å². The van der Waals surface area contributed by atoms with E-state index in [9.17, 15) is 0 Å². The van der Waals surface area contributed by atoms with Gasteiger partial charge in [-0.25, -0.2) is 0 Å². The predicted octanol–water partition coefficient (Wildman–Crippen LogP) is 3.67. The maximum Gasteiger partial charge on any atom is 0.123 e. The van der Waals surface area contributed by atoms with Crippen LogP contribution in [0.15, 0.2) is 30.9 Å². The number of rotatable bonds is 8. The van der Waals surface area contributed by atoms with Gasteiger partial charge in [-0.05, 0) is 44.5 Å². The highest BCUT2D eigenvalue weighted by atomic mass is 16.5. The minimum absolute atomic E-state index is 0.190. The van der Waals surface area contributed by atoms with E-state index in [0.717, 1.165) is 38.5 Å². The van der Waals surface area contributed by atoms with Crippen molar-refractivity contribution in [2.24, 2.45) is 5.41 Å². The third kappa shape index (κ3) is 4.59. The maximum absolute atomic E-state index is 5.89. The van der Waals surface area contributed by atoms with Crippen LogP contribution in [0, 0.1) is 5.41 Å². The van der Waals surface area contributed by atoms with Gasteiger partial charge in [-0.2, -0.15) is 0 Å². The van der Waals surface area contributed by atoms with Gasteiger partial charge < -0.3 is 14.4 Å². The van der Waals surface area contributed by atoms with Gasteiger partial charge in [0.25, 0.3) is 0 Å². The summed E-state index contributed by atoms with van der Waals surface area (Å²) in [7, 11) is 2.18. The molecule has 1 aliphatic heterocycles. The summed E-state index contributed by atoms with van der Waals surface area (Å²) in [4.78, 5) is 2.37. The van der Waals surface area contributed by atoms with Crippen LogP contribution >= 0.6 is 0 Å². The van der Waals surface area contributed by atoms with Crippen molar-refractivity contribution in [2.75, 3.05) is 26.8 Å². The fourth-order valence-electron chi connectivity index (χ4n) is 2.98. The molecule has 22 heavy (non-hydrogen) atoms. The van der Waals surface area contributed by atoms with Crippen LogP contribution in [-0.4, -0.2) is 37.8 Å². The van der Waals surface area contributed by atoms with Gasteiger partial charge in [0.05, 0.1) is 19.3 Å². The highest BCUT2D eigenvalue weighted by Gasteiger charge is 2.34. The first-order valence-corrected chi connectivity index (χ1v) is 8.07. The van der Waals surface area contributed by atoms with Crippen molar-refractivity contribution in [1.29, 1.82) is 0 Å². The molecule has 1 fully saturated rings. The van der Waals surface area contributed by atoms with Gasteiger partial charge in [0.2, 0.25) is 0 Å². The normalized spacial score (nSPS) is 16.6. The fraction of sp³-hybridized carbons (Fsp3) is 0.579. The van der Waals surface area contributed by atoms with E-state index in [-0.39, 0.29) is 6.10 Å². The minimum atomic E-state index is 0.190. The molecule has 1 aromatic rings. The Balaban J connectivity index is 2.03. The van der Waals surface area contributed by atoms with Crippen LogP contribution in [0.3, 0.4) is 0 Å². The zero-order chi connectivity index (χ0) is 16.2. The molecule has 1 saturated heterocycles. The molecule has 3 heteroatoms. The largest absolute Gasteiger partial charge is 0.491 e. The second kappa shape index (κ2) is 7.30. The standard InChI is InChI=1S/C19H29NO2/c1-6-7-17-10-16(8-9-18(17)22-15(2)3)11-20(5)12-19(4)13-21-14-19/h6,8-10,15H,1,7,11-14H2,2-5H3. The summed E-state index contributed by atoms with van der Waals surface area (Å²) in [5.41, 5.74) is 2.85. The lowest BCUT2D eigenvalue weighted by molar-refractivity contribution is -0.113. The van der Waals surface area contributed by atoms with Gasteiger partial charge in [0, 0.05) is 18.5 Å². The van der Waals surface area contributed by atoms with Crippen LogP contribution in [0.2, 0.25) is 0 Å². The third-order valence-electron chi connectivity index (χ3n) is 3.86. The van der Waals surface area contributed by atoms with Crippen LogP contribution in [0.5, 0.6) is 5.75 Å². The number of allylic oxidation sites excluding steroid dienone is 1. The second-order valence-corrected chi connectivity index (χ2v) is 7.08. The van der Waals surface area contributed by atoms with Crippen molar-refractivity contribution < 1.29 is 9.47 Å². The van der Waals surface area contributed by atoms with E-state index in [1.165, 1.54) is 11.1 Å². The molecule has 1 heterocycles. The molecule has 1 aliphatic rings. The van der Waals surface area contributed by atoms with Gasteiger partial charge in [-0.1, -0.05) is 25.1 Å². The van der Waals surface area contributed by atoms with Gasteiger partial charge in [0.1, 0.15) is 5.75 Å². The minimum Gasteiger partial charge on any atom is -0.491 e. The van der Waals surface area contributed by atoms with Crippen LogP contribution in [0.25, 0.3) is 0 Å². The summed E-state index contributed by atoms with van der Waals surface area (Å²) in [6, 6.07) is 6.51. The van der Waals surface area contributed by atoms with Crippen LogP contribution < -0.4 is 4.74 Å². The predicted molar refractivity (Wildman–Crippen MR) is 91.4 cm³/mol. The van der Waals surface area contributed by atoms with Gasteiger partial charge in [-0.3, -0.25) is 0 Å². The first kappa shape index (κ1) is 17.0. The molecule has 0 aromatic heterocycles. The summed E-state index contributed by atoms with van der Waals surface area (Å²) in [6.07, 6.45) is 2.96. The Bertz CT molecular complexity index is 506. The first-order chi connectivity index (χ1) is 10.4. The second-order valence-electron chi connectivity index (χ2n) is 7.08. The molecular formula is C19H29NO2. The lowest BCUT2D eigenvalue weighted by atomic mass is 9.88. The number of hydrogen-bond acceptors (Lipinski definition) is 3. The Kier molecular flexibility index (Phi) is 5.65. The van der Waals surface area contributed by atoms with Gasteiger partial charge in [0.15, 0.2) is 0 Å². The van der Waals surface area contributed by atoms with E-state index < -0.39 is 0 Å². The maximum atomic E-state index is 5.89. The zero-order valence-corrected chi connectivity index (χ0v) is 14.4. The van der Waals surface area contributed by atoms with Gasteiger partial charge >= 0.3 is 0 Å². The quantitative estimate of drug-likeness (QED) is 0.684. The molecule has 0 N–H and O–H groups in total. The van der Waals surface area contributed by atoms with Gasteiger partial charge in [-0.15, -0.1) is 6.58 Å². The lowest BCUT2D eigenvalue weighted by Crippen LogP contribution is -2.47. The summed E-state index contributed by atoms with van der Waals surface area (Å²) in [5, 5.41) is 0. The Hall–Kier alpha value is -1.32. The van der Waals surface area contributed by atoms with E-state index >= 15 is 0 Å². The highest BCUT2D eigenvalue weighted by Crippen LogP contribution is 2.28. The lowest BCUT2D eigenvalue weighted by Gasteiger charge is -2.40. The van der Waals surface area contributed by atoms with Crippen LogP contribution in [0.4, 0.5) is 0 Å². The Morgan fingerprint density at radius 1 is 1.41 bits per heavy atom. The Morgan fingerprint density at radius 3 is 2.68 bits per heavy atom. The molecule has 2 rings (SSSR count). The number of benzene rings is 1. The van der Waals surface area contributed by atoms with Crippen LogP contribution in [-0.2, 0) is 17.7 Å². The van der Waals surface area contributed by atoms with E-state index in [4.69, 9.17) is 9.47 Å². The molecule has 0 spiro atoms. The van der Waals surface area contributed by atoms with E-state index in [2.05, 4.69) is 57.5 Å². The van der Waals surface area contributed by atoms with Crippen molar-refractivity contribution in [2.45, 2.75) is 39.8 Å². The van der Waals surface area contributed by atoms with Crippen molar-refractivity contribution in [1.82, 2.24) is 4.90 Å². The molecule has 3 nitrogen and oxygen atoms in total. The zero-order valence-electron chi connectivity index (χ0n) is 14.4.